The van der Waals surface area contributed by atoms with Crippen LogP contribution in [0.4, 0.5) is 0 Å². The summed E-state index contributed by atoms with van der Waals surface area (Å²) in [6.45, 7) is 5.72. The van der Waals surface area contributed by atoms with E-state index in [9.17, 15) is 4.79 Å². The van der Waals surface area contributed by atoms with Crippen molar-refractivity contribution in [3.05, 3.63) is 0 Å². The van der Waals surface area contributed by atoms with Gasteiger partial charge in [-0.3, -0.25) is 14.4 Å². The number of nitrogens with two attached hydrogens (primary N) is 1. The minimum absolute atomic E-state index is 0.0208. The van der Waals surface area contributed by atoms with Crippen molar-refractivity contribution >= 4 is 17.9 Å². The van der Waals surface area contributed by atoms with Gasteiger partial charge in [0.25, 0.3) is 11.9 Å². The van der Waals surface area contributed by atoms with E-state index < -0.39 is 23.9 Å². The second-order valence-electron chi connectivity index (χ2n) is 3.15. The molecule has 1 atom stereocenters. The number of carbonyl (C=O) groups is 3. The topological polar surface area (TPSA) is 138 Å². The smallest absolute Gasteiger partial charge is 0.320 e. The third-order valence-electron chi connectivity index (χ3n) is 1.00. The lowest BCUT2D eigenvalue weighted by Gasteiger charge is -2.07. The maximum Gasteiger partial charge on any atom is 0.320 e. The number of rotatable bonds is 2. The molecule has 7 heteroatoms. The molecule has 0 bridgehead atoms. The van der Waals surface area contributed by atoms with E-state index >= 15 is 0 Å². The number of carboxylic acid groups (broad SMARTS) is 3. The van der Waals surface area contributed by atoms with Gasteiger partial charge in [0.2, 0.25) is 0 Å². The Morgan fingerprint density at radius 3 is 1.12 bits per heavy atom. The zero-order valence-corrected chi connectivity index (χ0v) is 9.80. The molecule has 0 aromatic heterocycles. The Bertz CT molecular complexity index is 206. The van der Waals surface area contributed by atoms with Crippen LogP contribution in [0.1, 0.15) is 27.7 Å². The van der Waals surface area contributed by atoms with Gasteiger partial charge >= 0.3 is 5.97 Å². The first kappa shape index (κ1) is 19.9. The number of hydrogen-bond donors (Lipinski definition) is 4. The van der Waals surface area contributed by atoms with Crippen molar-refractivity contribution in [1.82, 2.24) is 0 Å². The third kappa shape index (κ3) is 39.4. The zero-order chi connectivity index (χ0) is 13.9. The van der Waals surface area contributed by atoms with Gasteiger partial charge in [0.15, 0.2) is 0 Å². The summed E-state index contributed by atoms with van der Waals surface area (Å²) < 4.78 is 0. The van der Waals surface area contributed by atoms with Gasteiger partial charge in [-0.2, -0.15) is 0 Å². The second kappa shape index (κ2) is 11.4. The van der Waals surface area contributed by atoms with Crippen LogP contribution in [0, 0.1) is 5.92 Å². The van der Waals surface area contributed by atoms with Crippen LogP contribution < -0.4 is 5.73 Å². The molecule has 0 aromatic carbocycles. The van der Waals surface area contributed by atoms with Crippen molar-refractivity contribution in [1.29, 1.82) is 0 Å². The molecule has 0 radical (unpaired) electrons. The quantitative estimate of drug-likeness (QED) is 0.539. The molecule has 0 heterocycles. The molecule has 0 aromatic rings. The summed E-state index contributed by atoms with van der Waals surface area (Å²) in [5, 5.41) is 23.1. The van der Waals surface area contributed by atoms with Gasteiger partial charge in [-0.25, -0.2) is 0 Å². The fourth-order valence-corrected chi connectivity index (χ4v) is 0.285. The van der Waals surface area contributed by atoms with E-state index in [1.165, 1.54) is 0 Å². The molecule has 0 aliphatic heterocycles. The SMILES string of the molecule is CC(=O)O.CC(=O)O.CC(C)[C@H](N)C(=O)O. The molecule has 0 aliphatic rings. The highest BCUT2D eigenvalue weighted by molar-refractivity contribution is 5.73. The number of aliphatic carboxylic acids is 3. The fourth-order valence-electron chi connectivity index (χ4n) is 0.285. The van der Waals surface area contributed by atoms with Crippen LogP contribution in [0.25, 0.3) is 0 Å². The summed E-state index contributed by atoms with van der Waals surface area (Å²) >= 11 is 0. The number of carboxylic acids is 3. The van der Waals surface area contributed by atoms with E-state index in [1.807, 2.05) is 0 Å². The maximum atomic E-state index is 10.0. The van der Waals surface area contributed by atoms with Crippen molar-refractivity contribution in [2.45, 2.75) is 33.7 Å². The van der Waals surface area contributed by atoms with Gasteiger partial charge in [0, 0.05) is 13.8 Å². The summed E-state index contributed by atoms with van der Waals surface area (Å²) in [5.74, 6) is -2.58. The molecular weight excluding hydrogens is 218 g/mol. The van der Waals surface area contributed by atoms with Crippen LogP contribution in [-0.4, -0.2) is 39.3 Å². The molecule has 0 amide bonds. The van der Waals surface area contributed by atoms with E-state index in [4.69, 9.17) is 30.6 Å². The molecular formula is C9H19NO6. The monoisotopic (exact) mass is 237 g/mol. The largest absolute Gasteiger partial charge is 0.481 e. The average molecular weight is 237 g/mol. The van der Waals surface area contributed by atoms with Gasteiger partial charge in [-0.15, -0.1) is 0 Å². The molecule has 0 spiro atoms. The van der Waals surface area contributed by atoms with Crippen LogP contribution in [0.3, 0.4) is 0 Å². The minimum Gasteiger partial charge on any atom is -0.481 e. The van der Waals surface area contributed by atoms with E-state index in [0.29, 0.717) is 0 Å². The lowest BCUT2D eigenvalue weighted by molar-refractivity contribution is -0.139. The van der Waals surface area contributed by atoms with Gasteiger partial charge < -0.3 is 21.1 Å². The van der Waals surface area contributed by atoms with Gasteiger partial charge in [0.05, 0.1) is 0 Å². The Morgan fingerprint density at radius 2 is 1.12 bits per heavy atom. The van der Waals surface area contributed by atoms with Gasteiger partial charge in [0.1, 0.15) is 6.04 Å². The summed E-state index contributed by atoms with van der Waals surface area (Å²) in [6, 6.07) is -0.713. The molecule has 7 nitrogen and oxygen atoms in total. The molecule has 0 saturated heterocycles. The van der Waals surface area contributed by atoms with Gasteiger partial charge in [-0.1, -0.05) is 13.8 Å². The molecule has 96 valence electrons. The van der Waals surface area contributed by atoms with Crippen LogP contribution >= 0.6 is 0 Å². The minimum atomic E-state index is -0.931. The second-order valence-corrected chi connectivity index (χ2v) is 3.15. The highest BCUT2D eigenvalue weighted by Gasteiger charge is 2.14. The zero-order valence-electron chi connectivity index (χ0n) is 9.80. The Kier molecular flexibility index (Phi) is 14.2. The van der Waals surface area contributed by atoms with E-state index in [0.717, 1.165) is 13.8 Å². The lowest BCUT2D eigenvalue weighted by atomic mass is 10.1. The molecule has 0 fully saturated rings. The molecule has 16 heavy (non-hydrogen) atoms. The Balaban J connectivity index is -0.000000179. The first-order valence-electron chi connectivity index (χ1n) is 4.39. The molecule has 0 rings (SSSR count). The Morgan fingerprint density at radius 1 is 0.938 bits per heavy atom. The number of hydrogen-bond acceptors (Lipinski definition) is 4. The van der Waals surface area contributed by atoms with Gasteiger partial charge in [-0.05, 0) is 5.92 Å². The van der Waals surface area contributed by atoms with E-state index in [-0.39, 0.29) is 5.92 Å². The summed E-state index contributed by atoms with van der Waals surface area (Å²) in [7, 11) is 0. The normalized spacial score (nSPS) is 10.1. The van der Waals surface area contributed by atoms with Crippen molar-refractivity contribution in [2.75, 3.05) is 0 Å². The Labute approximate surface area is 93.9 Å². The lowest BCUT2D eigenvalue weighted by Crippen LogP contribution is -2.34. The standard InChI is InChI=1S/C5H11NO2.2C2H4O2/c1-3(2)4(6)5(7)8;2*1-2(3)4/h3-4H,6H2,1-2H3,(H,7,8);2*1H3,(H,3,4)/t4-;;/m0../s1. The third-order valence-corrected chi connectivity index (χ3v) is 1.00. The van der Waals surface area contributed by atoms with Crippen LogP contribution in [-0.2, 0) is 14.4 Å². The van der Waals surface area contributed by atoms with Crippen molar-refractivity contribution in [3.63, 3.8) is 0 Å². The van der Waals surface area contributed by atoms with Crippen molar-refractivity contribution in [2.24, 2.45) is 11.7 Å². The van der Waals surface area contributed by atoms with Crippen LogP contribution in [0.2, 0.25) is 0 Å². The summed E-state index contributed by atoms with van der Waals surface area (Å²) in [4.78, 5) is 28.0. The predicted molar refractivity (Wildman–Crippen MR) is 57.1 cm³/mol. The Hall–Kier alpha value is -1.63. The van der Waals surface area contributed by atoms with Crippen molar-refractivity contribution in [3.8, 4) is 0 Å². The highest BCUT2D eigenvalue weighted by atomic mass is 16.4. The van der Waals surface area contributed by atoms with E-state index in [1.54, 1.807) is 13.8 Å². The van der Waals surface area contributed by atoms with Crippen LogP contribution in [0.15, 0.2) is 0 Å². The summed E-state index contributed by atoms with van der Waals surface area (Å²) in [6.07, 6.45) is 0. The van der Waals surface area contributed by atoms with E-state index in [2.05, 4.69) is 0 Å². The first-order chi connectivity index (χ1) is 7.02. The molecule has 0 saturated carbocycles. The summed E-state index contributed by atoms with van der Waals surface area (Å²) in [5.41, 5.74) is 5.16. The van der Waals surface area contributed by atoms with Crippen LogP contribution in [0.5, 0.6) is 0 Å². The first-order valence-corrected chi connectivity index (χ1v) is 4.39. The molecule has 5 N–H and O–H groups in total. The average Bonchev–Trinajstić information content (AvgIpc) is 2.00. The molecule has 0 aliphatic carbocycles. The maximum absolute atomic E-state index is 10.0. The van der Waals surface area contributed by atoms with Crippen molar-refractivity contribution < 1.29 is 29.7 Å². The molecule has 0 unspecified atom stereocenters. The highest BCUT2D eigenvalue weighted by Crippen LogP contribution is 1.96. The fraction of sp³-hybridized carbons (Fsp3) is 0.667. The predicted octanol–water partition coefficient (Wildman–Crippen LogP) is 0.236.